The zero-order chi connectivity index (χ0) is 21.6. The largest absolute Gasteiger partial charge is 0.382 e. The number of rotatable bonds is 13. The minimum Gasteiger partial charge on any atom is -0.382 e. The summed E-state index contributed by atoms with van der Waals surface area (Å²) in [6.45, 7) is 10.9. The summed E-state index contributed by atoms with van der Waals surface area (Å²) in [6.07, 6.45) is 0.924. The third kappa shape index (κ3) is 8.92. The van der Waals surface area contributed by atoms with E-state index in [1.165, 1.54) is 5.56 Å². The van der Waals surface area contributed by atoms with Crippen molar-refractivity contribution >= 4 is 5.96 Å². The number of aromatic nitrogens is 3. The molecule has 8 heteroatoms. The smallest absolute Gasteiger partial charge is 0.191 e. The Bertz CT molecular complexity index is 747. The molecule has 166 valence electrons. The topological polar surface area (TPSA) is 85.6 Å². The van der Waals surface area contributed by atoms with Crippen molar-refractivity contribution in [2.24, 2.45) is 18.0 Å². The number of nitrogens with one attached hydrogen (secondary N) is 2. The number of ether oxygens (including phenoxy) is 2. The Kier molecular flexibility index (Phi) is 10.9. The SMILES string of the molecule is CCOCCCNC(=NCc1nnc(C)n1C)NCC(C)COCc1ccccc1. The van der Waals surface area contributed by atoms with Gasteiger partial charge in [-0.3, -0.25) is 0 Å². The fourth-order valence-corrected chi connectivity index (χ4v) is 2.72. The first-order valence-corrected chi connectivity index (χ1v) is 10.7. The molecule has 2 aromatic rings. The van der Waals surface area contributed by atoms with Gasteiger partial charge in [-0.1, -0.05) is 37.3 Å². The Morgan fingerprint density at radius 1 is 1.17 bits per heavy atom. The number of hydrogen-bond acceptors (Lipinski definition) is 5. The van der Waals surface area contributed by atoms with E-state index in [-0.39, 0.29) is 0 Å². The van der Waals surface area contributed by atoms with E-state index in [1.807, 2.05) is 43.7 Å². The molecule has 1 unspecified atom stereocenters. The molecule has 0 amide bonds. The van der Waals surface area contributed by atoms with Gasteiger partial charge in [-0.05, 0) is 31.7 Å². The van der Waals surface area contributed by atoms with Gasteiger partial charge in [0.1, 0.15) is 12.4 Å². The second kappa shape index (κ2) is 13.7. The molecule has 0 fully saturated rings. The summed E-state index contributed by atoms with van der Waals surface area (Å²) >= 11 is 0. The standard InChI is InChI=1S/C22H36N6O2/c1-5-29-13-9-12-23-22(25-15-21-27-26-19(3)28(21)4)24-14-18(2)16-30-17-20-10-7-6-8-11-20/h6-8,10-11,18H,5,9,12-17H2,1-4H3,(H2,23,24,25). The van der Waals surface area contributed by atoms with Gasteiger partial charge in [0, 0.05) is 33.4 Å². The van der Waals surface area contributed by atoms with Gasteiger partial charge in [-0.2, -0.15) is 0 Å². The average molecular weight is 417 g/mol. The van der Waals surface area contributed by atoms with Crippen LogP contribution in [-0.2, 0) is 29.7 Å². The fraction of sp³-hybridized carbons (Fsp3) is 0.591. The number of aliphatic imine (C=N–C) groups is 1. The molecular formula is C22H36N6O2. The van der Waals surface area contributed by atoms with Gasteiger partial charge in [0.15, 0.2) is 11.8 Å². The normalized spacial score (nSPS) is 12.7. The van der Waals surface area contributed by atoms with Crippen LogP contribution in [0.2, 0.25) is 0 Å². The highest BCUT2D eigenvalue weighted by Gasteiger charge is 2.07. The minimum absolute atomic E-state index is 0.348. The quantitative estimate of drug-likeness (QED) is 0.296. The molecule has 0 bridgehead atoms. The lowest BCUT2D eigenvalue weighted by Crippen LogP contribution is -2.40. The lowest BCUT2D eigenvalue weighted by atomic mass is 10.2. The Balaban J connectivity index is 1.79. The first kappa shape index (κ1) is 23.8. The van der Waals surface area contributed by atoms with E-state index in [2.05, 4.69) is 44.9 Å². The molecule has 0 saturated carbocycles. The number of nitrogens with zero attached hydrogens (tertiary/aromatic N) is 4. The highest BCUT2D eigenvalue weighted by atomic mass is 16.5. The summed E-state index contributed by atoms with van der Waals surface area (Å²) in [4.78, 5) is 4.68. The molecule has 0 aliphatic carbocycles. The van der Waals surface area contributed by atoms with Crippen molar-refractivity contribution in [1.29, 1.82) is 0 Å². The lowest BCUT2D eigenvalue weighted by Gasteiger charge is -2.17. The predicted octanol–water partition coefficient (Wildman–Crippen LogP) is 2.44. The average Bonchev–Trinajstić information content (AvgIpc) is 3.08. The molecule has 0 aliphatic heterocycles. The summed E-state index contributed by atoms with van der Waals surface area (Å²) in [5.74, 6) is 2.83. The first-order chi connectivity index (χ1) is 14.6. The number of hydrogen-bond donors (Lipinski definition) is 2. The van der Waals surface area contributed by atoms with Gasteiger partial charge in [0.05, 0.1) is 13.2 Å². The summed E-state index contributed by atoms with van der Waals surface area (Å²) < 4.78 is 13.2. The first-order valence-electron chi connectivity index (χ1n) is 10.7. The molecule has 1 heterocycles. The predicted molar refractivity (Wildman–Crippen MR) is 119 cm³/mol. The molecule has 0 spiro atoms. The van der Waals surface area contributed by atoms with Gasteiger partial charge in [0.25, 0.3) is 0 Å². The molecule has 1 atom stereocenters. The maximum atomic E-state index is 5.85. The Morgan fingerprint density at radius 3 is 2.67 bits per heavy atom. The third-order valence-electron chi connectivity index (χ3n) is 4.66. The molecular weight excluding hydrogens is 380 g/mol. The van der Waals surface area contributed by atoms with Crippen LogP contribution in [-0.4, -0.2) is 53.6 Å². The van der Waals surface area contributed by atoms with Crippen molar-refractivity contribution in [2.45, 2.75) is 40.3 Å². The highest BCUT2D eigenvalue weighted by Crippen LogP contribution is 2.03. The second-order valence-corrected chi connectivity index (χ2v) is 7.35. The number of aryl methyl sites for hydroxylation is 1. The molecule has 0 radical (unpaired) electrons. The molecule has 2 N–H and O–H groups in total. The highest BCUT2D eigenvalue weighted by molar-refractivity contribution is 5.79. The lowest BCUT2D eigenvalue weighted by molar-refractivity contribution is 0.0931. The van der Waals surface area contributed by atoms with Crippen LogP contribution in [0.1, 0.15) is 37.5 Å². The van der Waals surface area contributed by atoms with E-state index in [0.29, 0.717) is 25.7 Å². The molecule has 0 aliphatic rings. The fourth-order valence-electron chi connectivity index (χ4n) is 2.72. The van der Waals surface area contributed by atoms with Crippen LogP contribution < -0.4 is 10.6 Å². The van der Waals surface area contributed by atoms with Crippen LogP contribution >= 0.6 is 0 Å². The monoisotopic (exact) mass is 416 g/mol. The van der Waals surface area contributed by atoms with E-state index < -0.39 is 0 Å². The second-order valence-electron chi connectivity index (χ2n) is 7.35. The van der Waals surface area contributed by atoms with E-state index in [0.717, 1.165) is 50.3 Å². The molecule has 0 saturated heterocycles. The van der Waals surface area contributed by atoms with Gasteiger partial charge < -0.3 is 24.7 Å². The van der Waals surface area contributed by atoms with Gasteiger partial charge in [-0.25, -0.2) is 4.99 Å². The van der Waals surface area contributed by atoms with Crippen molar-refractivity contribution in [3.05, 3.63) is 47.5 Å². The van der Waals surface area contributed by atoms with Crippen molar-refractivity contribution < 1.29 is 9.47 Å². The van der Waals surface area contributed by atoms with E-state index in [4.69, 9.17) is 9.47 Å². The molecule has 8 nitrogen and oxygen atoms in total. The number of benzene rings is 1. The van der Waals surface area contributed by atoms with Crippen LogP contribution in [0.5, 0.6) is 0 Å². The van der Waals surface area contributed by atoms with E-state index in [1.54, 1.807) is 0 Å². The maximum absolute atomic E-state index is 5.85. The van der Waals surface area contributed by atoms with Crippen LogP contribution in [0.3, 0.4) is 0 Å². The Morgan fingerprint density at radius 2 is 1.97 bits per heavy atom. The molecule has 2 rings (SSSR count). The minimum atomic E-state index is 0.348. The Hall–Kier alpha value is -2.45. The number of guanidine groups is 1. The van der Waals surface area contributed by atoms with Crippen molar-refractivity contribution in [3.8, 4) is 0 Å². The summed E-state index contributed by atoms with van der Waals surface area (Å²) in [6, 6.07) is 10.2. The van der Waals surface area contributed by atoms with E-state index in [9.17, 15) is 0 Å². The van der Waals surface area contributed by atoms with Crippen molar-refractivity contribution in [2.75, 3.05) is 32.9 Å². The zero-order valence-corrected chi connectivity index (χ0v) is 18.7. The van der Waals surface area contributed by atoms with Crippen LogP contribution in [0, 0.1) is 12.8 Å². The summed E-state index contributed by atoms with van der Waals surface area (Å²) in [7, 11) is 1.95. The summed E-state index contributed by atoms with van der Waals surface area (Å²) in [5, 5.41) is 15.1. The van der Waals surface area contributed by atoms with Crippen LogP contribution in [0.25, 0.3) is 0 Å². The third-order valence-corrected chi connectivity index (χ3v) is 4.66. The van der Waals surface area contributed by atoms with E-state index >= 15 is 0 Å². The van der Waals surface area contributed by atoms with Crippen molar-refractivity contribution in [3.63, 3.8) is 0 Å². The van der Waals surface area contributed by atoms with Crippen LogP contribution in [0.15, 0.2) is 35.3 Å². The van der Waals surface area contributed by atoms with Gasteiger partial charge >= 0.3 is 0 Å². The van der Waals surface area contributed by atoms with Gasteiger partial charge in [0.2, 0.25) is 0 Å². The summed E-state index contributed by atoms with van der Waals surface area (Å²) in [5.41, 5.74) is 1.19. The van der Waals surface area contributed by atoms with Crippen LogP contribution in [0.4, 0.5) is 0 Å². The molecule has 1 aromatic heterocycles. The molecule has 30 heavy (non-hydrogen) atoms. The zero-order valence-electron chi connectivity index (χ0n) is 18.7. The maximum Gasteiger partial charge on any atom is 0.191 e. The van der Waals surface area contributed by atoms with Gasteiger partial charge in [-0.15, -0.1) is 10.2 Å². The Labute approximate surface area is 180 Å². The molecule has 1 aromatic carbocycles. The van der Waals surface area contributed by atoms with Crippen molar-refractivity contribution in [1.82, 2.24) is 25.4 Å².